The Morgan fingerprint density at radius 1 is 1.47 bits per heavy atom. The number of H-pyrrole nitrogens is 1. The third-order valence-corrected chi connectivity index (χ3v) is 3.43. The SMILES string of the molecule is Cc1ccc2nc(SCCCS)[nH]c2c1. The second-order valence-corrected chi connectivity index (χ2v) is 5.02. The van der Waals surface area contributed by atoms with Gasteiger partial charge in [-0.3, -0.25) is 0 Å². The van der Waals surface area contributed by atoms with Crippen molar-refractivity contribution in [1.82, 2.24) is 9.97 Å². The van der Waals surface area contributed by atoms with Gasteiger partial charge in [-0.15, -0.1) is 0 Å². The number of hydrogen-bond donors (Lipinski definition) is 2. The van der Waals surface area contributed by atoms with Crippen molar-refractivity contribution in [2.24, 2.45) is 0 Å². The van der Waals surface area contributed by atoms with Crippen molar-refractivity contribution in [3.63, 3.8) is 0 Å². The summed E-state index contributed by atoms with van der Waals surface area (Å²) in [6.45, 7) is 2.09. The summed E-state index contributed by atoms with van der Waals surface area (Å²) in [6.07, 6.45) is 1.11. The van der Waals surface area contributed by atoms with Crippen LogP contribution >= 0.6 is 24.4 Å². The first-order valence-corrected chi connectivity index (χ1v) is 6.61. The van der Waals surface area contributed by atoms with Gasteiger partial charge in [-0.2, -0.15) is 12.6 Å². The summed E-state index contributed by atoms with van der Waals surface area (Å²) in [7, 11) is 0. The maximum atomic E-state index is 4.51. The van der Waals surface area contributed by atoms with Crippen LogP contribution in [0.5, 0.6) is 0 Å². The second-order valence-electron chi connectivity index (χ2n) is 3.49. The minimum absolute atomic E-state index is 0.937. The molecule has 1 heterocycles. The summed E-state index contributed by atoms with van der Waals surface area (Å²) in [5, 5.41) is 1.01. The van der Waals surface area contributed by atoms with E-state index >= 15 is 0 Å². The van der Waals surface area contributed by atoms with E-state index in [0.717, 1.165) is 34.1 Å². The molecule has 0 unspecified atom stereocenters. The molecule has 0 radical (unpaired) electrons. The third-order valence-electron chi connectivity index (χ3n) is 2.16. The normalized spacial score (nSPS) is 11.1. The Labute approximate surface area is 99.3 Å². The number of aryl methyl sites for hydroxylation is 1. The molecule has 0 atom stereocenters. The molecule has 2 aromatic rings. The number of hydrogen-bond acceptors (Lipinski definition) is 3. The predicted octanol–water partition coefficient (Wildman–Crippen LogP) is 3.28. The van der Waals surface area contributed by atoms with E-state index in [-0.39, 0.29) is 0 Å². The van der Waals surface area contributed by atoms with E-state index in [1.54, 1.807) is 11.8 Å². The number of aromatic nitrogens is 2. The number of nitrogens with one attached hydrogen (secondary N) is 1. The van der Waals surface area contributed by atoms with Gasteiger partial charge in [0.15, 0.2) is 5.16 Å². The van der Waals surface area contributed by atoms with Crippen LogP contribution in [0.1, 0.15) is 12.0 Å². The fourth-order valence-corrected chi connectivity index (χ4v) is 2.60. The Bertz CT molecular complexity index is 451. The minimum Gasteiger partial charge on any atom is -0.333 e. The van der Waals surface area contributed by atoms with Crippen molar-refractivity contribution in [3.8, 4) is 0 Å². The lowest BCUT2D eigenvalue weighted by atomic mass is 10.2. The molecular weight excluding hydrogens is 224 g/mol. The number of benzene rings is 1. The van der Waals surface area contributed by atoms with Crippen LogP contribution in [0.2, 0.25) is 0 Å². The second kappa shape index (κ2) is 4.94. The third kappa shape index (κ3) is 2.69. The molecule has 0 aliphatic heterocycles. The Hall–Kier alpha value is -0.610. The number of thiol groups is 1. The maximum absolute atomic E-state index is 4.51. The van der Waals surface area contributed by atoms with E-state index < -0.39 is 0 Å². The Morgan fingerprint density at radius 2 is 2.33 bits per heavy atom. The van der Waals surface area contributed by atoms with Crippen LogP contribution in [0, 0.1) is 6.92 Å². The molecule has 15 heavy (non-hydrogen) atoms. The Kier molecular flexibility index (Phi) is 3.59. The predicted molar refractivity (Wildman–Crippen MR) is 70.0 cm³/mol. The highest BCUT2D eigenvalue weighted by Gasteiger charge is 2.02. The maximum Gasteiger partial charge on any atom is 0.166 e. The zero-order chi connectivity index (χ0) is 10.7. The molecule has 2 nitrogen and oxygen atoms in total. The molecule has 1 N–H and O–H groups in total. The van der Waals surface area contributed by atoms with E-state index in [1.807, 2.05) is 0 Å². The summed E-state index contributed by atoms with van der Waals surface area (Å²) in [5.74, 6) is 2.01. The van der Waals surface area contributed by atoms with Crippen LogP contribution in [0.15, 0.2) is 23.4 Å². The van der Waals surface area contributed by atoms with E-state index in [9.17, 15) is 0 Å². The van der Waals surface area contributed by atoms with Crippen molar-refractivity contribution >= 4 is 35.4 Å². The summed E-state index contributed by atoms with van der Waals surface area (Å²) in [6, 6.07) is 6.28. The Morgan fingerprint density at radius 3 is 3.13 bits per heavy atom. The topological polar surface area (TPSA) is 28.7 Å². The van der Waals surface area contributed by atoms with E-state index in [2.05, 4.69) is 47.7 Å². The van der Waals surface area contributed by atoms with E-state index in [0.29, 0.717) is 0 Å². The van der Waals surface area contributed by atoms with Gasteiger partial charge >= 0.3 is 0 Å². The molecule has 2 rings (SSSR count). The monoisotopic (exact) mass is 238 g/mol. The molecule has 0 aliphatic carbocycles. The summed E-state index contributed by atoms with van der Waals surface area (Å²) in [5.41, 5.74) is 3.44. The number of imidazole rings is 1. The van der Waals surface area contributed by atoms with Crippen molar-refractivity contribution < 1.29 is 0 Å². The van der Waals surface area contributed by atoms with Crippen LogP contribution < -0.4 is 0 Å². The highest BCUT2D eigenvalue weighted by molar-refractivity contribution is 7.99. The summed E-state index contributed by atoms with van der Waals surface area (Å²) in [4.78, 5) is 7.83. The highest BCUT2D eigenvalue weighted by Crippen LogP contribution is 2.20. The van der Waals surface area contributed by atoms with Gasteiger partial charge in [0.05, 0.1) is 11.0 Å². The molecule has 80 valence electrons. The largest absolute Gasteiger partial charge is 0.333 e. The van der Waals surface area contributed by atoms with Crippen LogP contribution in [-0.4, -0.2) is 21.5 Å². The molecule has 0 fully saturated rings. The van der Waals surface area contributed by atoms with E-state index in [1.165, 1.54) is 5.56 Å². The zero-order valence-electron chi connectivity index (χ0n) is 8.66. The number of rotatable bonds is 4. The molecule has 0 spiro atoms. The molecule has 1 aromatic carbocycles. The number of aromatic amines is 1. The molecule has 0 aliphatic rings. The molecular formula is C11H14N2S2. The lowest BCUT2D eigenvalue weighted by Gasteiger charge is -1.93. The quantitative estimate of drug-likeness (QED) is 0.486. The summed E-state index contributed by atoms with van der Waals surface area (Å²) >= 11 is 5.95. The van der Waals surface area contributed by atoms with Crippen molar-refractivity contribution in [3.05, 3.63) is 23.8 Å². The number of nitrogens with zero attached hydrogens (tertiary/aromatic N) is 1. The van der Waals surface area contributed by atoms with Gasteiger partial charge in [0.2, 0.25) is 0 Å². The fraction of sp³-hybridized carbons (Fsp3) is 0.364. The van der Waals surface area contributed by atoms with Crippen LogP contribution in [0.25, 0.3) is 11.0 Å². The summed E-state index contributed by atoms with van der Waals surface area (Å²) < 4.78 is 0. The average Bonchev–Trinajstić information content (AvgIpc) is 2.60. The molecule has 0 saturated carbocycles. The highest BCUT2D eigenvalue weighted by atomic mass is 32.2. The lowest BCUT2D eigenvalue weighted by molar-refractivity contribution is 1.06. The van der Waals surface area contributed by atoms with Gasteiger partial charge in [0, 0.05) is 5.75 Å². The van der Waals surface area contributed by atoms with Crippen molar-refractivity contribution in [2.75, 3.05) is 11.5 Å². The first kappa shape index (κ1) is 10.9. The van der Waals surface area contributed by atoms with Crippen LogP contribution in [0.3, 0.4) is 0 Å². The lowest BCUT2D eigenvalue weighted by Crippen LogP contribution is -1.81. The van der Waals surface area contributed by atoms with Gasteiger partial charge < -0.3 is 4.98 Å². The average molecular weight is 238 g/mol. The van der Waals surface area contributed by atoms with Crippen molar-refractivity contribution in [2.45, 2.75) is 18.5 Å². The van der Waals surface area contributed by atoms with Crippen LogP contribution in [0.4, 0.5) is 0 Å². The standard InChI is InChI=1S/C11H14N2S2/c1-8-3-4-9-10(7-8)13-11(12-9)15-6-2-5-14/h3-4,7,14H,2,5-6H2,1H3,(H,12,13). The van der Waals surface area contributed by atoms with Gasteiger partial charge in [-0.1, -0.05) is 17.8 Å². The fourth-order valence-electron chi connectivity index (χ4n) is 1.40. The minimum atomic E-state index is 0.937. The smallest absolute Gasteiger partial charge is 0.166 e. The van der Waals surface area contributed by atoms with Gasteiger partial charge in [0.25, 0.3) is 0 Å². The molecule has 4 heteroatoms. The van der Waals surface area contributed by atoms with Gasteiger partial charge in [-0.05, 0) is 36.8 Å². The number of thioether (sulfide) groups is 1. The first-order chi connectivity index (χ1) is 7.29. The molecule has 0 saturated heterocycles. The zero-order valence-corrected chi connectivity index (χ0v) is 10.4. The van der Waals surface area contributed by atoms with E-state index in [4.69, 9.17) is 0 Å². The van der Waals surface area contributed by atoms with Crippen molar-refractivity contribution in [1.29, 1.82) is 0 Å². The molecule has 0 amide bonds. The van der Waals surface area contributed by atoms with Gasteiger partial charge in [-0.25, -0.2) is 4.98 Å². The van der Waals surface area contributed by atoms with Crippen LogP contribution in [-0.2, 0) is 0 Å². The molecule has 0 bridgehead atoms. The first-order valence-electron chi connectivity index (χ1n) is 4.99. The Balaban J connectivity index is 2.16. The molecule has 1 aromatic heterocycles. The van der Waals surface area contributed by atoms with Gasteiger partial charge in [0.1, 0.15) is 0 Å². The number of fused-ring (bicyclic) bond motifs is 1.